The molecular weight excluding hydrogens is 507 g/mol. The molecule has 2 aliphatic rings. The van der Waals surface area contributed by atoms with E-state index in [2.05, 4.69) is 20.3 Å². The second-order valence-corrected chi connectivity index (χ2v) is 11.2. The van der Waals surface area contributed by atoms with Crippen LogP contribution < -0.4 is 11.1 Å². The van der Waals surface area contributed by atoms with Crippen molar-refractivity contribution in [3.8, 4) is 0 Å². The van der Waals surface area contributed by atoms with Crippen molar-refractivity contribution in [2.75, 3.05) is 18.9 Å². The number of nitrogens with one attached hydrogen (secondary N) is 1. The first-order chi connectivity index (χ1) is 16.3. The molecule has 194 valence electrons. The first kappa shape index (κ1) is 26.2. The molecule has 1 unspecified atom stereocenters. The van der Waals surface area contributed by atoms with Gasteiger partial charge in [0.2, 0.25) is 11.1 Å². The van der Waals surface area contributed by atoms with Crippen LogP contribution >= 0.6 is 19.2 Å². The van der Waals surface area contributed by atoms with E-state index in [9.17, 15) is 19.1 Å². The minimum absolute atomic E-state index is 0.0769. The summed E-state index contributed by atoms with van der Waals surface area (Å²) in [7, 11) is -4.93. The number of amides is 1. The Balaban J connectivity index is 1.57. The molecule has 0 spiro atoms. The van der Waals surface area contributed by atoms with E-state index in [1.807, 2.05) is 13.8 Å². The van der Waals surface area contributed by atoms with Crippen LogP contribution in [-0.2, 0) is 28.3 Å². The van der Waals surface area contributed by atoms with Gasteiger partial charge in [-0.25, -0.2) is 4.98 Å². The third-order valence-corrected chi connectivity index (χ3v) is 6.62. The highest BCUT2D eigenvalue weighted by atomic mass is 35.5. The minimum atomic E-state index is -4.93. The molecule has 0 saturated carbocycles. The second-order valence-electron chi connectivity index (χ2n) is 9.25. The number of hydrogen-bond donors (Lipinski definition) is 4. The number of hydrogen-bond acceptors (Lipinski definition) is 10. The number of fused-ring (bicyclic) bond motifs is 2. The van der Waals surface area contributed by atoms with Gasteiger partial charge in [0.15, 0.2) is 23.5 Å². The zero-order valence-electron chi connectivity index (χ0n) is 19.5. The molecule has 5 atom stereocenters. The molecular formula is C19H28ClN6O8P. The van der Waals surface area contributed by atoms with Crippen molar-refractivity contribution in [2.24, 2.45) is 5.92 Å². The Bertz CT molecular complexity index is 1160. The third kappa shape index (κ3) is 5.44. The van der Waals surface area contributed by atoms with Crippen LogP contribution in [0.4, 0.5) is 5.82 Å². The summed E-state index contributed by atoms with van der Waals surface area (Å²) in [6.07, 6.45) is -1.55. The van der Waals surface area contributed by atoms with Crippen molar-refractivity contribution in [3.63, 3.8) is 0 Å². The number of nitrogens with zero attached hydrogens (tertiary/aromatic N) is 4. The van der Waals surface area contributed by atoms with E-state index in [4.69, 9.17) is 36.3 Å². The van der Waals surface area contributed by atoms with Crippen LogP contribution in [0.1, 0.15) is 33.9 Å². The van der Waals surface area contributed by atoms with Crippen molar-refractivity contribution in [3.05, 3.63) is 11.6 Å². The van der Waals surface area contributed by atoms with Gasteiger partial charge in [-0.05, 0) is 31.4 Å². The number of carbonyl (C=O) groups is 1. The second kappa shape index (κ2) is 9.52. The van der Waals surface area contributed by atoms with E-state index >= 15 is 0 Å². The topological polar surface area (TPSA) is 193 Å². The normalized spacial score (nSPS) is 26.9. The van der Waals surface area contributed by atoms with Crippen LogP contribution in [0.3, 0.4) is 0 Å². The Hall–Kier alpha value is -1.90. The average molecular weight is 535 g/mol. The van der Waals surface area contributed by atoms with E-state index in [1.54, 1.807) is 18.4 Å². The fourth-order valence-corrected chi connectivity index (χ4v) is 4.87. The third-order valence-electron chi connectivity index (χ3n) is 5.45. The van der Waals surface area contributed by atoms with Crippen LogP contribution in [0.5, 0.6) is 0 Å². The summed E-state index contributed by atoms with van der Waals surface area (Å²) in [4.78, 5) is 44.1. The maximum atomic E-state index is 12.4. The first-order valence-corrected chi connectivity index (χ1v) is 12.9. The first-order valence-electron chi connectivity index (χ1n) is 10.9. The molecule has 0 aliphatic carbocycles. The van der Waals surface area contributed by atoms with Gasteiger partial charge in [-0.2, -0.15) is 9.97 Å². The van der Waals surface area contributed by atoms with Gasteiger partial charge in [0.1, 0.15) is 23.8 Å². The van der Waals surface area contributed by atoms with E-state index in [-0.39, 0.29) is 30.2 Å². The molecule has 0 aromatic carbocycles. The number of ether oxygens (including phenoxy) is 4. The van der Waals surface area contributed by atoms with Crippen molar-refractivity contribution >= 4 is 42.1 Å². The Morgan fingerprint density at radius 2 is 2.03 bits per heavy atom. The van der Waals surface area contributed by atoms with E-state index in [1.165, 1.54) is 6.33 Å². The van der Waals surface area contributed by atoms with Crippen molar-refractivity contribution in [1.29, 1.82) is 0 Å². The molecule has 2 fully saturated rings. The largest absolute Gasteiger partial charge is 0.382 e. The lowest BCUT2D eigenvalue weighted by Crippen LogP contribution is -2.41. The molecule has 1 amide bonds. The van der Waals surface area contributed by atoms with Crippen molar-refractivity contribution in [2.45, 2.75) is 63.9 Å². The number of carbonyl (C=O) groups excluding carboxylic acids is 1. The molecule has 0 bridgehead atoms. The summed E-state index contributed by atoms with van der Waals surface area (Å²) < 4.78 is 37.1. The number of nitrogens with two attached hydrogens (primary N) is 1. The lowest BCUT2D eigenvalue weighted by Gasteiger charge is -2.26. The highest BCUT2D eigenvalue weighted by Crippen LogP contribution is 2.46. The number of anilines is 1. The smallest absolute Gasteiger partial charge is 0.363 e. The molecule has 2 aliphatic heterocycles. The zero-order chi connectivity index (χ0) is 25.7. The Labute approximate surface area is 205 Å². The monoisotopic (exact) mass is 534 g/mol. The number of rotatable bonds is 8. The van der Waals surface area contributed by atoms with Crippen molar-refractivity contribution in [1.82, 2.24) is 24.8 Å². The van der Waals surface area contributed by atoms with Crippen LogP contribution in [0.2, 0.25) is 5.28 Å². The fraction of sp³-hybridized carbons (Fsp3) is 0.684. The number of halogens is 1. The maximum Gasteiger partial charge on any atom is 0.363 e. The molecule has 14 nitrogen and oxygen atoms in total. The average Bonchev–Trinajstić information content (AvgIpc) is 3.36. The number of imidazole rings is 1. The molecule has 2 aromatic rings. The molecule has 4 rings (SSSR count). The minimum Gasteiger partial charge on any atom is -0.382 e. The van der Waals surface area contributed by atoms with Gasteiger partial charge in [-0.3, -0.25) is 13.9 Å². The van der Waals surface area contributed by atoms with Crippen LogP contribution in [0.25, 0.3) is 11.2 Å². The lowest BCUT2D eigenvalue weighted by molar-refractivity contribution is -0.202. The van der Waals surface area contributed by atoms with Gasteiger partial charge in [-0.1, -0.05) is 13.8 Å². The van der Waals surface area contributed by atoms with Crippen LogP contribution in [-0.4, -0.2) is 78.3 Å². The molecule has 4 heterocycles. The fourth-order valence-electron chi connectivity index (χ4n) is 4.02. The highest BCUT2D eigenvalue weighted by molar-refractivity contribution is 7.53. The number of nitrogen functional groups attached to an aromatic ring is 1. The van der Waals surface area contributed by atoms with Crippen LogP contribution in [0.15, 0.2) is 6.33 Å². The van der Waals surface area contributed by atoms with Gasteiger partial charge in [-0.15, -0.1) is 0 Å². The SMILES string of the molecule is CC(C)CNC(=O)C(OC[C@H]1O[C@@H](n2cnc3c(N)nc(Cl)nc32)[C@@H]2OC(C)(C)O[C@@H]21)P(=O)(O)O. The predicted molar refractivity (Wildman–Crippen MR) is 122 cm³/mol. The predicted octanol–water partition coefficient (Wildman–Crippen LogP) is 0.772. The van der Waals surface area contributed by atoms with Gasteiger partial charge < -0.3 is 39.8 Å². The molecule has 16 heteroatoms. The molecule has 5 N–H and O–H groups in total. The summed E-state index contributed by atoms with van der Waals surface area (Å²) in [6.45, 7) is 7.03. The molecule has 35 heavy (non-hydrogen) atoms. The maximum absolute atomic E-state index is 12.4. The Kier molecular flexibility index (Phi) is 7.12. The summed E-state index contributed by atoms with van der Waals surface area (Å²) in [6, 6.07) is 0. The standard InChI is InChI=1S/C19H28ClN6O8P/c1-8(2)5-22-15(27)17(35(28,29)30)31-6-9-11-12(34-19(3,4)33-11)16(32-9)26-7-23-10-13(21)24-18(20)25-14(10)26/h7-9,11-12,16-17H,5-6H2,1-4H3,(H,22,27)(H2,21,24,25)(H2,28,29,30)/t9-,11-,12-,16-,17?/m1/s1. The van der Waals surface area contributed by atoms with Gasteiger partial charge >= 0.3 is 7.60 Å². The summed E-state index contributed by atoms with van der Waals surface area (Å²) in [5.41, 5.74) is 6.52. The van der Waals surface area contributed by atoms with E-state index < -0.39 is 49.7 Å². The van der Waals surface area contributed by atoms with Gasteiger partial charge in [0, 0.05) is 6.54 Å². The summed E-state index contributed by atoms with van der Waals surface area (Å²) in [5.74, 6) is -3.72. The van der Waals surface area contributed by atoms with Crippen molar-refractivity contribution < 1.29 is 38.1 Å². The summed E-state index contributed by atoms with van der Waals surface area (Å²) in [5, 5.41) is 2.40. The van der Waals surface area contributed by atoms with E-state index in [0.717, 1.165) is 0 Å². The Morgan fingerprint density at radius 1 is 1.34 bits per heavy atom. The van der Waals surface area contributed by atoms with Crippen LogP contribution in [0, 0.1) is 5.92 Å². The Morgan fingerprint density at radius 3 is 2.69 bits per heavy atom. The van der Waals surface area contributed by atoms with Gasteiger partial charge in [0.25, 0.3) is 5.91 Å². The molecule has 2 aromatic heterocycles. The van der Waals surface area contributed by atoms with E-state index in [0.29, 0.717) is 11.2 Å². The molecule has 0 radical (unpaired) electrons. The quantitative estimate of drug-likeness (QED) is 0.275. The highest BCUT2D eigenvalue weighted by Gasteiger charge is 2.56. The summed E-state index contributed by atoms with van der Waals surface area (Å²) >= 11 is 5.98. The van der Waals surface area contributed by atoms with Gasteiger partial charge in [0.05, 0.1) is 12.9 Å². The number of aromatic nitrogens is 4. The zero-order valence-corrected chi connectivity index (χ0v) is 21.1. The molecule has 2 saturated heterocycles. The lowest BCUT2D eigenvalue weighted by atomic mass is 10.1.